The second kappa shape index (κ2) is 4.93. The quantitative estimate of drug-likeness (QED) is 0.844. The van der Waals surface area contributed by atoms with Crippen molar-refractivity contribution in [3.63, 3.8) is 0 Å². The Bertz CT molecular complexity index is 540. The van der Waals surface area contributed by atoms with Crippen molar-refractivity contribution in [3.8, 4) is 0 Å². The number of rotatable bonds is 3. The highest BCUT2D eigenvalue weighted by Crippen LogP contribution is 2.13. The number of anilines is 1. The molecule has 2 rings (SSSR count). The number of benzene rings is 1. The topological polar surface area (TPSA) is 68.9 Å². The average Bonchev–Trinajstić information content (AvgIpc) is 2.32. The molecule has 0 spiro atoms. The normalized spacial score (nSPS) is 10.2. The van der Waals surface area contributed by atoms with Crippen molar-refractivity contribution in [1.82, 2.24) is 9.97 Å². The Morgan fingerprint density at radius 3 is 2.59 bits per heavy atom. The van der Waals surface area contributed by atoms with Gasteiger partial charge >= 0.3 is 0 Å². The zero-order chi connectivity index (χ0) is 12.3. The van der Waals surface area contributed by atoms with E-state index in [0.29, 0.717) is 29.1 Å². The van der Waals surface area contributed by atoms with Crippen LogP contribution in [-0.2, 0) is 6.42 Å². The first-order chi connectivity index (χ1) is 8.19. The van der Waals surface area contributed by atoms with E-state index in [4.69, 9.17) is 17.3 Å². The molecule has 0 radical (unpaired) electrons. The Labute approximate surface area is 103 Å². The van der Waals surface area contributed by atoms with Gasteiger partial charge in [-0.25, -0.2) is 9.97 Å². The summed E-state index contributed by atoms with van der Waals surface area (Å²) in [4.78, 5) is 18.7. The van der Waals surface area contributed by atoms with Gasteiger partial charge in [0.1, 0.15) is 11.6 Å². The predicted molar refractivity (Wildman–Crippen MR) is 66.1 cm³/mol. The molecule has 0 unspecified atom stereocenters. The van der Waals surface area contributed by atoms with Crippen molar-refractivity contribution < 1.29 is 4.79 Å². The van der Waals surface area contributed by atoms with E-state index >= 15 is 0 Å². The van der Waals surface area contributed by atoms with Crippen LogP contribution in [0, 0.1) is 0 Å². The third-order valence-electron chi connectivity index (χ3n) is 2.30. The van der Waals surface area contributed by atoms with Crippen LogP contribution in [0.2, 0.25) is 5.02 Å². The molecule has 0 saturated heterocycles. The van der Waals surface area contributed by atoms with Gasteiger partial charge in [-0.3, -0.25) is 4.79 Å². The molecule has 0 amide bonds. The summed E-state index contributed by atoms with van der Waals surface area (Å²) in [5.74, 6) is 0.786. The van der Waals surface area contributed by atoms with Gasteiger partial charge in [0.15, 0.2) is 6.29 Å². The van der Waals surface area contributed by atoms with E-state index in [1.807, 2.05) is 12.1 Å². The Morgan fingerprint density at radius 2 is 2.00 bits per heavy atom. The fraction of sp³-hybridized carbons (Fsp3) is 0.0833. The molecule has 1 aromatic carbocycles. The molecule has 2 N–H and O–H groups in total. The maximum absolute atomic E-state index is 10.6. The van der Waals surface area contributed by atoms with Crippen molar-refractivity contribution in [2.75, 3.05) is 5.73 Å². The first kappa shape index (κ1) is 11.5. The molecule has 0 fully saturated rings. The van der Waals surface area contributed by atoms with Gasteiger partial charge < -0.3 is 5.73 Å². The van der Waals surface area contributed by atoms with Gasteiger partial charge in [-0.15, -0.1) is 0 Å². The standard InChI is InChI=1S/C12H10ClN3O/c13-10-3-1-8(2-4-10)5-11-15-6-9(7-17)12(14)16-11/h1-4,6-7H,5H2,(H2,14,15,16). The van der Waals surface area contributed by atoms with E-state index in [2.05, 4.69) is 9.97 Å². The Morgan fingerprint density at radius 1 is 1.29 bits per heavy atom. The van der Waals surface area contributed by atoms with Crippen molar-refractivity contribution in [1.29, 1.82) is 0 Å². The summed E-state index contributed by atoms with van der Waals surface area (Å²) in [6, 6.07) is 7.41. The molecule has 4 nitrogen and oxygen atoms in total. The monoisotopic (exact) mass is 247 g/mol. The molecule has 0 aliphatic rings. The summed E-state index contributed by atoms with van der Waals surface area (Å²) in [6.45, 7) is 0. The number of carbonyl (C=O) groups is 1. The van der Waals surface area contributed by atoms with Gasteiger partial charge in [-0.05, 0) is 17.7 Å². The third kappa shape index (κ3) is 2.79. The number of carbonyl (C=O) groups excluding carboxylic acids is 1. The van der Waals surface area contributed by atoms with E-state index in [1.54, 1.807) is 12.1 Å². The molecule has 0 saturated carbocycles. The van der Waals surface area contributed by atoms with Gasteiger partial charge in [0.05, 0.1) is 5.56 Å². The number of hydrogen-bond acceptors (Lipinski definition) is 4. The van der Waals surface area contributed by atoms with Crippen molar-refractivity contribution >= 4 is 23.7 Å². The number of nitrogens with zero attached hydrogens (tertiary/aromatic N) is 2. The van der Waals surface area contributed by atoms with Crippen LogP contribution >= 0.6 is 11.6 Å². The number of hydrogen-bond donors (Lipinski definition) is 1. The van der Waals surface area contributed by atoms with Crippen molar-refractivity contribution in [2.24, 2.45) is 0 Å². The van der Waals surface area contributed by atoms with Crippen LogP contribution in [0.25, 0.3) is 0 Å². The summed E-state index contributed by atoms with van der Waals surface area (Å²) in [5.41, 5.74) is 6.95. The molecule has 1 heterocycles. The number of aromatic nitrogens is 2. The van der Waals surface area contributed by atoms with Crippen LogP contribution in [0.3, 0.4) is 0 Å². The molecule has 2 aromatic rings. The van der Waals surface area contributed by atoms with Crippen LogP contribution in [0.1, 0.15) is 21.7 Å². The average molecular weight is 248 g/mol. The van der Waals surface area contributed by atoms with E-state index in [-0.39, 0.29) is 5.82 Å². The lowest BCUT2D eigenvalue weighted by molar-refractivity contribution is 0.112. The minimum absolute atomic E-state index is 0.207. The van der Waals surface area contributed by atoms with Crippen LogP contribution in [0.5, 0.6) is 0 Å². The molecule has 1 aromatic heterocycles. The lowest BCUT2D eigenvalue weighted by atomic mass is 10.1. The number of halogens is 1. The Balaban J connectivity index is 2.21. The third-order valence-corrected chi connectivity index (χ3v) is 2.55. The maximum Gasteiger partial charge on any atom is 0.155 e. The van der Waals surface area contributed by atoms with Crippen molar-refractivity contribution in [3.05, 3.63) is 52.4 Å². The summed E-state index contributed by atoms with van der Waals surface area (Å²) in [7, 11) is 0. The maximum atomic E-state index is 10.6. The lowest BCUT2D eigenvalue weighted by Gasteiger charge is -2.03. The van der Waals surface area contributed by atoms with Crippen LogP contribution < -0.4 is 5.73 Å². The number of aldehydes is 1. The highest BCUT2D eigenvalue weighted by atomic mass is 35.5. The largest absolute Gasteiger partial charge is 0.383 e. The van der Waals surface area contributed by atoms with E-state index in [9.17, 15) is 4.79 Å². The molecule has 86 valence electrons. The highest BCUT2D eigenvalue weighted by molar-refractivity contribution is 6.30. The summed E-state index contributed by atoms with van der Waals surface area (Å²) in [6.07, 6.45) is 2.63. The predicted octanol–water partition coefficient (Wildman–Crippen LogP) is 2.12. The smallest absolute Gasteiger partial charge is 0.155 e. The first-order valence-corrected chi connectivity index (χ1v) is 5.38. The molecular formula is C12H10ClN3O. The fourth-order valence-corrected chi connectivity index (χ4v) is 1.53. The minimum atomic E-state index is 0.207. The second-order valence-electron chi connectivity index (χ2n) is 3.55. The molecule has 0 aliphatic heterocycles. The summed E-state index contributed by atoms with van der Waals surface area (Å²) < 4.78 is 0. The lowest BCUT2D eigenvalue weighted by Crippen LogP contribution is -2.03. The molecule has 0 atom stereocenters. The molecule has 0 aliphatic carbocycles. The SMILES string of the molecule is Nc1nc(Cc2ccc(Cl)cc2)ncc1C=O. The van der Waals surface area contributed by atoms with E-state index < -0.39 is 0 Å². The zero-order valence-corrected chi connectivity index (χ0v) is 9.69. The van der Waals surface area contributed by atoms with E-state index in [0.717, 1.165) is 5.56 Å². The first-order valence-electron chi connectivity index (χ1n) is 5.00. The summed E-state index contributed by atoms with van der Waals surface area (Å²) >= 11 is 5.79. The fourth-order valence-electron chi connectivity index (χ4n) is 1.40. The van der Waals surface area contributed by atoms with Gasteiger partial charge in [-0.2, -0.15) is 0 Å². The van der Waals surface area contributed by atoms with Gasteiger partial charge in [0.2, 0.25) is 0 Å². The van der Waals surface area contributed by atoms with Crippen LogP contribution in [0.15, 0.2) is 30.5 Å². The summed E-state index contributed by atoms with van der Waals surface area (Å²) in [5, 5.41) is 0.686. The van der Waals surface area contributed by atoms with Gasteiger partial charge in [0.25, 0.3) is 0 Å². The zero-order valence-electron chi connectivity index (χ0n) is 8.93. The molecule has 5 heteroatoms. The highest BCUT2D eigenvalue weighted by Gasteiger charge is 2.04. The van der Waals surface area contributed by atoms with Crippen LogP contribution in [0.4, 0.5) is 5.82 Å². The van der Waals surface area contributed by atoms with E-state index in [1.165, 1.54) is 6.20 Å². The Kier molecular flexibility index (Phi) is 3.35. The van der Waals surface area contributed by atoms with Gasteiger partial charge in [0, 0.05) is 17.6 Å². The molecule has 17 heavy (non-hydrogen) atoms. The molecule has 0 bridgehead atoms. The Hall–Kier alpha value is -1.94. The molecular weight excluding hydrogens is 238 g/mol. The van der Waals surface area contributed by atoms with Crippen LogP contribution in [-0.4, -0.2) is 16.3 Å². The second-order valence-corrected chi connectivity index (χ2v) is 3.98. The minimum Gasteiger partial charge on any atom is -0.383 e. The number of nitrogen functional groups attached to an aromatic ring is 1. The van der Waals surface area contributed by atoms with Gasteiger partial charge in [-0.1, -0.05) is 23.7 Å². The van der Waals surface area contributed by atoms with Crippen molar-refractivity contribution in [2.45, 2.75) is 6.42 Å². The number of nitrogens with two attached hydrogens (primary N) is 1.